The summed E-state index contributed by atoms with van der Waals surface area (Å²) in [5, 5.41) is 32.4. The first-order valence-electron chi connectivity index (χ1n) is 14.2. The van der Waals surface area contributed by atoms with Crippen molar-refractivity contribution in [3.05, 3.63) is 120 Å². The van der Waals surface area contributed by atoms with Gasteiger partial charge in [0.15, 0.2) is 0 Å². The summed E-state index contributed by atoms with van der Waals surface area (Å²) in [6.45, 7) is 2.09. The van der Waals surface area contributed by atoms with E-state index in [4.69, 9.17) is 14.2 Å². The third kappa shape index (κ3) is 12.3. The first-order chi connectivity index (χ1) is 21.1. The molecular weight excluding hydrogens is 593 g/mol. The molecule has 0 saturated carbocycles. The van der Waals surface area contributed by atoms with Crippen LogP contribution in [0.1, 0.15) is 36.0 Å². The predicted molar refractivity (Wildman–Crippen MR) is 164 cm³/mol. The normalized spacial score (nSPS) is 11.4. The lowest BCUT2D eigenvalue weighted by molar-refractivity contribution is -0.385. The number of ether oxygens (including phenoxy) is 3. The summed E-state index contributed by atoms with van der Waals surface area (Å²) in [6, 6.07) is 18.5. The molecule has 0 aromatic heterocycles. The standard InChI is InChI=1S/C30H36N3O10P/c34-31(35)28-10-4-25(5-11-28)22-41-16-1-19-44(40,20-2-17-42-23-26-6-12-29(13-7-26)32(36)37)21-3-18-43-24-27-8-14-30(15-9-27)33(38)39/h4-15H,1-3,16-24H2. The zero-order chi connectivity index (χ0) is 31.8. The minimum atomic E-state index is -2.57. The van der Waals surface area contributed by atoms with Crippen molar-refractivity contribution in [1.29, 1.82) is 0 Å². The van der Waals surface area contributed by atoms with Gasteiger partial charge in [0, 0.05) is 74.7 Å². The maximum atomic E-state index is 13.9. The van der Waals surface area contributed by atoms with Crippen LogP contribution in [-0.4, -0.2) is 53.1 Å². The molecule has 13 nitrogen and oxygen atoms in total. The molecule has 0 aliphatic carbocycles. The van der Waals surface area contributed by atoms with Crippen molar-refractivity contribution in [2.75, 3.05) is 38.3 Å². The van der Waals surface area contributed by atoms with Gasteiger partial charge in [-0.2, -0.15) is 0 Å². The molecule has 3 aromatic carbocycles. The van der Waals surface area contributed by atoms with Crippen molar-refractivity contribution in [3.63, 3.8) is 0 Å². The number of non-ortho nitro benzene ring substituents is 3. The summed E-state index contributed by atoms with van der Waals surface area (Å²) in [5.41, 5.74) is 2.49. The smallest absolute Gasteiger partial charge is 0.269 e. The zero-order valence-corrected chi connectivity index (χ0v) is 25.2. The van der Waals surface area contributed by atoms with Crippen molar-refractivity contribution < 1.29 is 33.5 Å². The quantitative estimate of drug-likeness (QED) is 0.0522. The largest absolute Gasteiger partial charge is 0.377 e. The fourth-order valence-electron chi connectivity index (χ4n) is 4.41. The van der Waals surface area contributed by atoms with E-state index in [0.29, 0.717) is 77.4 Å². The van der Waals surface area contributed by atoms with Crippen molar-refractivity contribution in [2.24, 2.45) is 0 Å². The van der Waals surface area contributed by atoms with Crippen LogP contribution >= 0.6 is 7.14 Å². The summed E-state index contributed by atoms with van der Waals surface area (Å²) in [7, 11) is -2.57. The summed E-state index contributed by atoms with van der Waals surface area (Å²) < 4.78 is 31.0. The molecule has 0 radical (unpaired) electrons. The molecule has 0 unspecified atom stereocenters. The van der Waals surface area contributed by atoms with E-state index >= 15 is 0 Å². The summed E-state index contributed by atoms with van der Waals surface area (Å²) in [5.74, 6) is 0. The second kappa shape index (κ2) is 17.9. The minimum Gasteiger partial charge on any atom is -0.377 e. The third-order valence-corrected chi connectivity index (χ3v) is 10.2. The van der Waals surface area contributed by atoms with Gasteiger partial charge in [0.1, 0.15) is 0 Å². The highest BCUT2D eigenvalue weighted by molar-refractivity contribution is 7.63. The number of hydrogen-bond donors (Lipinski definition) is 0. The second-order valence-electron chi connectivity index (χ2n) is 10.2. The van der Waals surface area contributed by atoms with E-state index in [1.165, 1.54) is 36.4 Å². The highest BCUT2D eigenvalue weighted by Crippen LogP contribution is 2.47. The van der Waals surface area contributed by atoms with Gasteiger partial charge in [0.25, 0.3) is 17.1 Å². The van der Waals surface area contributed by atoms with Crippen molar-refractivity contribution in [1.82, 2.24) is 0 Å². The van der Waals surface area contributed by atoms with E-state index in [-0.39, 0.29) is 17.1 Å². The van der Waals surface area contributed by atoms with Crippen LogP contribution in [-0.2, 0) is 38.6 Å². The highest BCUT2D eigenvalue weighted by Gasteiger charge is 2.21. The molecule has 0 aliphatic rings. The molecular formula is C30H36N3O10P. The van der Waals surface area contributed by atoms with Crippen LogP contribution in [0.4, 0.5) is 17.1 Å². The van der Waals surface area contributed by atoms with Crippen LogP contribution in [0.15, 0.2) is 72.8 Å². The Hall–Kier alpha value is -4.03. The number of rotatable bonds is 21. The molecule has 3 rings (SSSR count). The SMILES string of the molecule is O=[N+]([O-])c1ccc(COCCCP(=O)(CCCOCc2ccc([N+](=O)[O-])cc2)CCCOCc2ccc([N+](=O)[O-])cc2)cc1. The lowest BCUT2D eigenvalue weighted by Gasteiger charge is -2.19. The van der Waals surface area contributed by atoms with Crippen LogP contribution in [0.2, 0.25) is 0 Å². The fourth-order valence-corrected chi connectivity index (χ4v) is 7.20. The molecule has 0 spiro atoms. The number of benzene rings is 3. The van der Waals surface area contributed by atoms with Gasteiger partial charge in [-0.1, -0.05) is 0 Å². The Morgan fingerprint density at radius 3 is 0.955 bits per heavy atom. The minimum absolute atomic E-state index is 0.0168. The lowest BCUT2D eigenvalue weighted by Crippen LogP contribution is -2.08. The number of nitrogens with zero attached hydrogens (tertiary/aromatic N) is 3. The molecule has 0 heterocycles. The Kier molecular flexibility index (Phi) is 14.0. The van der Waals surface area contributed by atoms with Gasteiger partial charge in [0.2, 0.25) is 0 Å². The molecule has 0 atom stereocenters. The Bertz CT molecular complexity index is 1230. The van der Waals surface area contributed by atoms with Crippen LogP contribution in [0.3, 0.4) is 0 Å². The summed E-state index contributed by atoms with van der Waals surface area (Å²) >= 11 is 0. The van der Waals surface area contributed by atoms with Gasteiger partial charge in [-0.25, -0.2) is 0 Å². The molecule has 14 heteroatoms. The molecule has 3 aromatic rings. The molecule has 0 aliphatic heterocycles. The molecule has 0 amide bonds. The average Bonchev–Trinajstić information content (AvgIpc) is 3.01. The molecule has 0 N–H and O–H groups in total. The molecule has 44 heavy (non-hydrogen) atoms. The molecule has 0 saturated heterocycles. The Morgan fingerprint density at radius 1 is 0.477 bits per heavy atom. The van der Waals surface area contributed by atoms with Gasteiger partial charge in [0.05, 0.1) is 41.7 Å². The third-order valence-electron chi connectivity index (χ3n) is 6.81. The molecule has 236 valence electrons. The first-order valence-corrected chi connectivity index (χ1v) is 16.4. The van der Waals surface area contributed by atoms with E-state index in [1.807, 2.05) is 0 Å². The highest BCUT2D eigenvalue weighted by atomic mass is 31.2. The maximum absolute atomic E-state index is 13.9. The van der Waals surface area contributed by atoms with Gasteiger partial charge < -0.3 is 18.8 Å². The summed E-state index contributed by atoms with van der Waals surface area (Å²) in [6.07, 6.45) is 3.28. The van der Waals surface area contributed by atoms with Crippen LogP contribution < -0.4 is 0 Å². The van der Waals surface area contributed by atoms with E-state index in [1.54, 1.807) is 36.4 Å². The zero-order valence-electron chi connectivity index (χ0n) is 24.3. The maximum Gasteiger partial charge on any atom is 0.269 e. The summed E-state index contributed by atoms with van der Waals surface area (Å²) in [4.78, 5) is 31.1. The average molecular weight is 630 g/mol. The van der Waals surface area contributed by atoms with Crippen molar-refractivity contribution in [3.8, 4) is 0 Å². The lowest BCUT2D eigenvalue weighted by atomic mass is 10.2. The number of nitro benzene ring substituents is 3. The van der Waals surface area contributed by atoms with E-state index in [0.717, 1.165) is 16.7 Å². The first kappa shape index (κ1) is 34.5. The van der Waals surface area contributed by atoms with Crippen LogP contribution in [0.25, 0.3) is 0 Å². The number of hydrogen-bond acceptors (Lipinski definition) is 10. The predicted octanol–water partition coefficient (Wildman–Crippen LogP) is 6.89. The molecule has 0 bridgehead atoms. The van der Waals surface area contributed by atoms with E-state index < -0.39 is 21.9 Å². The van der Waals surface area contributed by atoms with Gasteiger partial charge in [-0.05, 0) is 72.4 Å². The van der Waals surface area contributed by atoms with Gasteiger partial charge in [-0.3, -0.25) is 30.3 Å². The Morgan fingerprint density at radius 2 is 0.727 bits per heavy atom. The second-order valence-corrected chi connectivity index (χ2v) is 13.7. The molecule has 0 fully saturated rings. The van der Waals surface area contributed by atoms with Crippen molar-refractivity contribution in [2.45, 2.75) is 39.1 Å². The van der Waals surface area contributed by atoms with E-state index in [2.05, 4.69) is 0 Å². The number of nitro groups is 3. The van der Waals surface area contributed by atoms with Crippen LogP contribution in [0.5, 0.6) is 0 Å². The van der Waals surface area contributed by atoms with Crippen LogP contribution in [0, 0.1) is 30.3 Å². The Labute approximate surface area is 255 Å². The fraction of sp³-hybridized carbons (Fsp3) is 0.400. The van der Waals surface area contributed by atoms with Gasteiger partial charge >= 0.3 is 0 Å². The monoisotopic (exact) mass is 629 g/mol. The van der Waals surface area contributed by atoms with E-state index in [9.17, 15) is 34.9 Å². The Balaban J connectivity index is 1.42. The van der Waals surface area contributed by atoms with Crippen molar-refractivity contribution >= 4 is 24.2 Å². The topological polar surface area (TPSA) is 174 Å². The van der Waals surface area contributed by atoms with Gasteiger partial charge in [-0.15, -0.1) is 0 Å².